The van der Waals surface area contributed by atoms with Crippen molar-refractivity contribution in [3.8, 4) is 28.8 Å². The monoisotopic (exact) mass is 888 g/mol. The van der Waals surface area contributed by atoms with Crippen molar-refractivity contribution in [2.24, 2.45) is 0 Å². The maximum atomic E-state index is 11.0. The molecule has 0 saturated carbocycles. The maximum absolute atomic E-state index is 11.0. The van der Waals surface area contributed by atoms with Crippen LogP contribution in [0.2, 0.25) is 0 Å². The molecular formula is C64H36N6. The predicted octanol–water partition coefficient (Wildman–Crippen LogP) is 16.8. The Balaban J connectivity index is 1.03. The minimum absolute atomic E-state index is 0.455. The molecule has 0 fully saturated rings. The van der Waals surface area contributed by atoms with Gasteiger partial charge in [-0.1, -0.05) is 133 Å². The number of nitrogens with zero attached hydrogens (tertiary/aromatic N) is 6. The van der Waals surface area contributed by atoms with Gasteiger partial charge in [-0.05, 0) is 106 Å². The van der Waals surface area contributed by atoms with E-state index in [4.69, 9.17) is 6.57 Å². The van der Waals surface area contributed by atoms with Gasteiger partial charge in [-0.25, -0.2) is 4.85 Å². The second kappa shape index (κ2) is 14.3. The van der Waals surface area contributed by atoms with Crippen LogP contribution in [0.5, 0.6) is 0 Å². The van der Waals surface area contributed by atoms with Gasteiger partial charge in [0.1, 0.15) is 0 Å². The van der Waals surface area contributed by atoms with Crippen LogP contribution >= 0.6 is 0 Å². The Kier molecular flexibility index (Phi) is 7.82. The van der Waals surface area contributed by atoms with Crippen LogP contribution in [-0.4, -0.2) is 18.3 Å². The van der Waals surface area contributed by atoms with Crippen LogP contribution in [0.25, 0.3) is 136 Å². The number of hydrogen-bond acceptors (Lipinski definition) is 1. The van der Waals surface area contributed by atoms with E-state index in [0.717, 1.165) is 98.6 Å². The number of hydrogen-bond donors (Lipinski definition) is 0. The molecule has 0 spiro atoms. The number of fused-ring (bicyclic) bond motifs is 16. The fourth-order valence-corrected chi connectivity index (χ4v) is 11.9. The SMILES string of the molecule is [C-]#[N+]c1c(-n2c3ccc(-n4c5ccccc5c5ccccc54)cc3c3c4ccccc4ccc32)cc(C#N)cc1-n1c2ccc(-n3c4ccccc4c4ccccc43)cc2c2c3ccccc3ccc21. The quantitative estimate of drug-likeness (QED) is 0.162. The first-order chi connectivity index (χ1) is 34.7. The van der Waals surface area contributed by atoms with Gasteiger partial charge >= 0.3 is 0 Å². The molecule has 4 aromatic heterocycles. The number of aromatic nitrogens is 4. The summed E-state index contributed by atoms with van der Waals surface area (Å²) in [6.45, 7) is 9.13. The van der Waals surface area contributed by atoms with Crippen molar-refractivity contribution in [2.45, 2.75) is 0 Å². The zero-order chi connectivity index (χ0) is 46.2. The average molecular weight is 889 g/mol. The first kappa shape index (κ1) is 38.2. The summed E-state index contributed by atoms with van der Waals surface area (Å²) in [7, 11) is 0. The van der Waals surface area contributed by atoms with Crippen LogP contribution in [-0.2, 0) is 0 Å². The van der Waals surface area contributed by atoms with Crippen molar-refractivity contribution < 1.29 is 0 Å². The van der Waals surface area contributed by atoms with Crippen molar-refractivity contribution in [1.82, 2.24) is 18.3 Å². The zero-order valence-electron chi connectivity index (χ0n) is 37.5. The Hall–Kier alpha value is -9.88. The van der Waals surface area contributed by atoms with Gasteiger partial charge in [-0.15, -0.1) is 0 Å². The second-order valence-corrected chi connectivity index (χ2v) is 18.3. The summed E-state index contributed by atoms with van der Waals surface area (Å²) in [4.78, 5) is 4.45. The third-order valence-corrected chi connectivity index (χ3v) is 14.7. The van der Waals surface area contributed by atoms with Gasteiger partial charge in [0.05, 0.1) is 73.7 Å². The van der Waals surface area contributed by atoms with E-state index >= 15 is 0 Å². The molecule has 0 saturated heterocycles. The Labute approximate surface area is 400 Å². The largest absolute Gasteiger partial charge is 0.319 e. The van der Waals surface area contributed by atoms with E-state index in [1.165, 1.54) is 21.5 Å². The topological polar surface area (TPSA) is 47.9 Å². The van der Waals surface area contributed by atoms with Gasteiger partial charge in [0, 0.05) is 54.5 Å². The molecule has 11 aromatic carbocycles. The van der Waals surface area contributed by atoms with Crippen molar-refractivity contribution >= 4 is 114 Å². The molecule has 0 unspecified atom stereocenters. The number of rotatable bonds is 4. The van der Waals surface area contributed by atoms with E-state index in [1.54, 1.807) is 0 Å². The molecule has 0 aliphatic heterocycles. The maximum Gasteiger partial charge on any atom is 0.234 e. The summed E-state index contributed by atoms with van der Waals surface area (Å²) < 4.78 is 9.15. The molecule has 0 aliphatic rings. The highest BCUT2D eigenvalue weighted by Crippen LogP contribution is 2.46. The van der Waals surface area contributed by atoms with Crippen LogP contribution in [0.3, 0.4) is 0 Å². The van der Waals surface area contributed by atoms with Gasteiger partial charge in [-0.2, -0.15) is 5.26 Å². The lowest BCUT2D eigenvalue weighted by atomic mass is 10.0. The van der Waals surface area contributed by atoms with E-state index in [-0.39, 0.29) is 0 Å². The van der Waals surface area contributed by atoms with Crippen LogP contribution in [0, 0.1) is 17.9 Å². The van der Waals surface area contributed by atoms with Gasteiger partial charge in [0.2, 0.25) is 5.69 Å². The average Bonchev–Trinajstić information content (AvgIpc) is 4.15. The molecule has 6 nitrogen and oxygen atoms in total. The van der Waals surface area contributed by atoms with E-state index < -0.39 is 0 Å². The number of para-hydroxylation sites is 4. The van der Waals surface area contributed by atoms with Gasteiger partial charge in [0.25, 0.3) is 0 Å². The van der Waals surface area contributed by atoms with Crippen LogP contribution in [0.1, 0.15) is 5.56 Å². The molecule has 0 amide bonds. The van der Waals surface area contributed by atoms with Crippen molar-refractivity contribution in [3.05, 3.63) is 235 Å². The van der Waals surface area contributed by atoms with Crippen LogP contribution < -0.4 is 0 Å². The standard InChI is InChI=1S/C64H36N6/c1-66-64-60(69-56-32-28-42(36-50(56)62-44-16-4-2-14-40(44)26-30-58(62)69)67-52-22-10-6-18-46(52)47-19-7-11-23-53(47)67)34-39(38-65)35-61(64)70-57-33-29-43(37-51(57)63-45-17-5-3-15-41(45)27-31-59(63)70)68-54-24-12-8-20-48(54)49-21-9-13-25-55(49)68/h2-37H. The lowest BCUT2D eigenvalue weighted by Gasteiger charge is -2.17. The molecule has 0 N–H and O–H groups in total. The highest BCUT2D eigenvalue weighted by Gasteiger charge is 2.25. The molecule has 15 aromatic rings. The van der Waals surface area contributed by atoms with Gasteiger partial charge in [-0.3, -0.25) is 0 Å². The third kappa shape index (κ3) is 5.14. The second-order valence-electron chi connectivity index (χ2n) is 18.3. The molecule has 0 aliphatic carbocycles. The fourth-order valence-electron chi connectivity index (χ4n) is 11.9. The van der Waals surface area contributed by atoms with Crippen LogP contribution in [0.4, 0.5) is 5.69 Å². The Morgan fingerprint density at radius 3 is 1.06 bits per heavy atom. The first-order valence-corrected chi connectivity index (χ1v) is 23.5. The van der Waals surface area contributed by atoms with E-state index in [0.29, 0.717) is 22.6 Å². The lowest BCUT2D eigenvalue weighted by molar-refractivity contribution is 1.13. The number of nitriles is 1. The summed E-state index contributed by atoms with van der Waals surface area (Å²) in [5.74, 6) is 0. The summed E-state index contributed by atoms with van der Waals surface area (Å²) in [5, 5.41) is 24.6. The van der Waals surface area contributed by atoms with Crippen molar-refractivity contribution in [1.29, 1.82) is 5.26 Å². The minimum atomic E-state index is 0.455. The molecule has 0 radical (unpaired) electrons. The molecule has 0 atom stereocenters. The van der Waals surface area contributed by atoms with E-state index in [9.17, 15) is 5.26 Å². The van der Waals surface area contributed by atoms with Crippen molar-refractivity contribution in [3.63, 3.8) is 0 Å². The minimum Gasteiger partial charge on any atom is -0.319 e. The van der Waals surface area contributed by atoms with E-state index in [1.807, 2.05) is 12.1 Å². The fraction of sp³-hybridized carbons (Fsp3) is 0. The summed E-state index contributed by atoms with van der Waals surface area (Å²) in [6.07, 6.45) is 0. The lowest BCUT2D eigenvalue weighted by Crippen LogP contribution is -2.02. The molecule has 4 heterocycles. The molecule has 322 valence electrons. The molecule has 15 rings (SSSR count). The third-order valence-electron chi connectivity index (χ3n) is 14.7. The summed E-state index contributed by atoms with van der Waals surface area (Å²) in [5.41, 5.74) is 12.7. The van der Waals surface area contributed by atoms with Crippen LogP contribution in [0.15, 0.2) is 218 Å². The normalized spacial score (nSPS) is 12.0. The Morgan fingerprint density at radius 1 is 0.329 bits per heavy atom. The highest BCUT2D eigenvalue weighted by atomic mass is 15.1. The first-order valence-electron chi connectivity index (χ1n) is 23.5. The molecule has 0 bridgehead atoms. The summed E-state index contributed by atoms with van der Waals surface area (Å²) >= 11 is 0. The highest BCUT2D eigenvalue weighted by molar-refractivity contribution is 6.24. The molecular weight excluding hydrogens is 853 g/mol. The molecule has 70 heavy (non-hydrogen) atoms. The van der Waals surface area contributed by atoms with E-state index in [2.05, 4.69) is 235 Å². The van der Waals surface area contributed by atoms with Gasteiger partial charge < -0.3 is 18.3 Å². The number of benzene rings is 11. The predicted molar refractivity (Wildman–Crippen MR) is 290 cm³/mol. The Morgan fingerprint density at radius 2 is 0.671 bits per heavy atom. The smallest absolute Gasteiger partial charge is 0.234 e. The zero-order valence-corrected chi connectivity index (χ0v) is 37.5. The van der Waals surface area contributed by atoms with Gasteiger partial charge in [0.15, 0.2) is 0 Å². The molecule has 6 heteroatoms. The summed E-state index contributed by atoms with van der Waals surface area (Å²) in [6, 6.07) is 79.8. The van der Waals surface area contributed by atoms with Crippen molar-refractivity contribution in [2.75, 3.05) is 0 Å². The Bertz CT molecular complexity index is 4470.